The number of halogens is 1. The Labute approximate surface area is 192 Å². The van der Waals surface area contributed by atoms with Crippen molar-refractivity contribution in [3.63, 3.8) is 0 Å². The van der Waals surface area contributed by atoms with Crippen LogP contribution in [0.4, 0.5) is 10.1 Å². The zero-order valence-electron chi connectivity index (χ0n) is 18.6. The maximum absolute atomic E-state index is 13.1. The second-order valence-corrected chi connectivity index (χ2v) is 9.66. The Morgan fingerprint density at radius 2 is 1.70 bits per heavy atom. The largest absolute Gasteiger partial charge is 0.394 e. The number of carbonyl (C=O) groups excluding carboxylic acids is 2. The molecule has 0 fully saturated rings. The zero-order chi connectivity index (χ0) is 24.6. The van der Waals surface area contributed by atoms with Crippen molar-refractivity contribution in [2.75, 3.05) is 25.6 Å². The summed E-state index contributed by atoms with van der Waals surface area (Å²) in [6, 6.07) is 9.40. The van der Waals surface area contributed by atoms with E-state index in [0.29, 0.717) is 5.69 Å². The number of hydrogen-bond acceptors (Lipinski definition) is 6. The fourth-order valence-corrected chi connectivity index (χ4v) is 4.15. The molecule has 0 aliphatic heterocycles. The third-order valence-corrected chi connectivity index (χ3v) is 6.29. The fourth-order valence-electron chi connectivity index (χ4n) is 2.75. The maximum Gasteiger partial charge on any atom is 0.251 e. The molecule has 0 heterocycles. The first kappa shape index (κ1) is 26.4. The van der Waals surface area contributed by atoms with Crippen LogP contribution in [-0.2, 0) is 19.6 Å². The van der Waals surface area contributed by atoms with E-state index in [0.717, 1.165) is 12.1 Å². The van der Waals surface area contributed by atoms with E-state index in [1.165, 1.54) is 43.5 Å². The summed E-state index contributed by atoms with van der Waals surface area (Å²) in [7, 11) is -2.42. The van der Waals surface area contributed by atoms with E-state index in [2.05, 4.69) is 15.4 Å². The summed E-state index contributed by atoms with van der Waals surface area (Å²) >= 11 is 0. The first-order valence-corrected chi connectivity index (χ1v) is 11.6. The standard InChI is InChI=1S/C22H28FN3O6S/c1-22(2,14-27)26-33(30,31)18-10-8-17(9-11-18)24-21(29)19(12-13-32-3)25-20(28)15-4-6-16(23)7-5-15/h4-11,19,26-27H,12-14H2,1-3H3,(H,24,29)(H,25,28)/t19-/m0/s1. The zero-order valence-corrected chi connectivity index (χ0v) is 19.4. The maximum atomic E-state index is 13.1. The highest BCUT2D eigenvalue weighted by Crippen LogP contribution is 2.17. The van der Waals surface area contributed by atoms with Gasteiger partial charge in [-0.3, -0.25) is 9.59 Å². The second-order valence-electron chi connectivity index (χ2n) is 7.98. The molecule has 0 saturated heterocycles. The van der Waals surface area contributed by atoms with Crippen LogP contribution in [0.3, 0.4) is 0 Å². The lowest BCUT2D eigenvalue weighted by Crippen LogP contribution is -2.46. The molecule has 2 rings (SSSR count). The number of amides is 2. The van der Waals surface area contributed by atoms with E-state index in [1.54, 1.807) is 13.8 Å². The third kappa shape index (κ3) is 7.90. The number of hydrogen-bond donors (Lipinski definition) is 4. The molecular formula is C22H28FN3O6S. The van der Waals surface area contributed by atoms with Gasteiger partial charge in [-0.2, -0.15) is 0 Å². The molecule has 180 valence electrons. The van der Waals surface area contributed by atoms with Gasteiger partial charge < -0.3 is 20.5 Å². The number of benzene rings is 2. The molecule has 0 aliphatic rings. The summed E-state index contributed by atoms with van der Waals surface area (Å²) in [6.45, 7) is 2.90. The second kappa shape index (κ2) is 11.3. The Morgan fingerprint density at radius 3 is 2.24 bits per heavy atom. The molecule has 0 radical (unpaired) electrons. The SMILES string of the molecule is COCC[C@H](NC(=O)c1ccc(F)cc1)C(=O)Nc1ccc(S(=O)(=O)NC(C)(C)CO)cc1. The molecule has 0 saturated carbocycles. The summed E-state index contributed by atoms with van der Waals surface area (Å²) in [4.78, 5) is 25.1. The molecule has 2 aromatic rings. The van der Waals surface area contributed by atoms with Crippen LogP contribution in [0.2, 0.25) is 0 Å². The van der Waals surface area contributed by atoms with E-state index in [4.69, 9.17) is 4.74 Å². The van der Waals surface area contributed by atoms with Crippen LogP contribution in [0, 0.1) is 5.82 Å². The van der Waals surface area contributed by atoms with Crippen molar-refractivity contribution in [1.82, 2.24) is 10.0 Å². The van der Waals surface area contributed by atoms with E-state index in [-0.39, 0.29) is 30.1 Å². The van der Waals surface area contributed by atoms with Crippen molar-refractivity contribution in [2.45, 2.75) is 36.7 Å². The van der Waals surface area contributed by atoms with Crippen LogP contribution in [0.25, 0.3) is 0 Å². The lowest BCUT2D eigenvalue weighted by atomic mass is 10.1. The summed E-state index contributed by atoms with van der Waals surface area (Å²) in [5.74, 6) is -1.57. The lowest BCUT2D eigenvalue weighted by molar-refractivity contribution is -0.118. The van der Waals surface area contributed by atoms with Gasteiger partial charge in [-0.05, 0) is 68.8 Å². The van der Waals surface area contributed by atoms with E-state index in [9.17, 15) is 27.5 Å². The Balaban J connectivity index is 2.10. The van der Waals surface area contributed by atoms with Crippen molar-refractivity contribution in [2.24, 2.45) is 0 Å². The Kier molecular flexibility index (Phi) is 9.06. The number of aliphatic hydroxyl groups excluding tert-OH is 1. The number of anilines is 1. The minimum atomic E-state index is -3.88. The molecular weight excluding hydrogens is 453 g/mol. The quantitative estimate of drug-likeness (QED) is 0.386. The molecule has 4 N–H and O–H groups in total. The molecule has 0 bridgehead atoms. The van der Waals surface area contributed by atoms with Crippen LogP contribution < -0.4 is 15.4 Å². The molecule has 0 unspecified atom stereocenters. The molecule has 11 heteroatoms. The predicted octanol–water partition coefficient (Wildman–Crippen LogP) is 1.65. The van der Waals surface area contributed by atoms with Gasteiger partial charge in [0.05, 0.1) is 17.0 Å². The van der Waals surface area contributed by atoms with E-state index >= 15 is 0 Å². The van der Waals surface area contributed by atoms with Gasteiger partial charge in [0.1, 0.15) is 11.9 Å². The highest BCUT2D eigenvalue weighted by molar-refractivity contribution is 7.89. The van der Waals surface area contributed by atoms with Gasteiger partial charge in [0.15, 0.2) is 0 Å². The summed E-state index contributed by atoms with van der Waals surface area (Å²) in [6.07, 6.45) is 0.182. The molecule has 2 amide bonds. The predicted molar refractivity (Wildman–Crippen MR) is 121 cm³/mol. The average Bonchev–Trinajstić information content (AvgIpc) is 2.76. The van der Waals surface area contributed by atoms with Crippen molar-refractivity contribution >= 4 is 27.5 Å². The minimum Gasteiger partial charge on any atom is -0.394 e. The van der Waals surface area contributed by atoms with Gasteiger partial charge in [-0.25, -0.2) is 17.5 Å². The Morgan fingerprint density at radius 1 is 1.09 bits per heavy atom. The first-order chi connectivity index (χ1) is 15.5. The smallest absolute Gasteiger partial charge is 0.251 e. The number of rotatable bonds is 11. The lowest BCUT2D eigenvalue weighted by Gasteiger charge is -2.23. The van der Waals surface area contributed by atoms with E-state index in [1.807, 2.05) is 0 Å². The van der Waals surface area contributed by atoms with Crippen molar-refractivity contribution < 1.29 is 32.2 Å². The Hall–Kier alpha value is -2.86. The monoisotopic (exact) mass is 481 g/mol. The van der Waals surface area contributed by atoms with Gasteiger partial charge in [0, 0.05) is 25.0 Å². The molecule has 2 aromatic carbocycles. The molecule has 0 spiro atoms. The third-order valence-electron chi connectivity index (χ3n) is 4.58. The number of aliphatic hydroxyl groups is 1. The molecule has 1 atom stereocenters. The first-order valence-electron chi connectivity index (χ1n) is 10.1. The summed E-state index contributed by atoms with van der Waals surface area (Å²) in [5.41, 5.74) is -0.526. The highest BCUT2D eigenvalue weighted by atomic mass is 32.2. The number of ether oxygens (including phenoxy) is 1. The van der Waals surface area contributed by atoms with Gasteiger partial charge in [-0.1, -0.05) is 0 Å². The van der Waals surface area contributed by atoms with Gasteiger partial charge >= 0.3 is 0 Å². The summed E-state index contributed by atoms with van der Waals surface area (Å²) < 4.78 is 45.4. The number of sulfonamides is 1. The van der Waals surface area contributed by atoms with Crippen molar-refractivity contribution in [3.8, 4) is 0 Å². The molecule has 33 heavy (non-hydrogen) atoms. The average molecular weight is 482 g/mol. The minimum absolute atomic E-state index is 0.0393. The fraction of sp³-hybridized carbons (Fsp3) is 0.364. The van der Waals surface area contributed by atoms with Crippen molar-refractivity contribution in [1.29, 1.82) is 0 Å². The Bertz CT molecular complexity index is 1060. The molecule has 0 aliphatic carbocycles. The molecule has 0 aromatic heterocycles. The van der Waals surface area contributed by atoms with Crippen molar-refractivity contribution in [3.05, 3.63) is 59.9 Å². The van der Waals surface area contributed by atoms with Crippen LogP contribution >= 0.6 is 0 Å². The number of carbonyl (C=O) groups is 2. The number of nitrogens with one attached hydrogen (secondary N) is 3. The van der Waals surface area contributed by atoms with Crippen LogP contribution in [0.5, 0.6) is 0 Å². The van der Waals surface area contributed by atoms with Crippen LogP contribution in [-0.4, -0.2) is 57.2 Å². The van der Waals surface area contributed by atoms with Gasteiger partial charge in [0.25, 0.3) is 5.91 Å². The topological polar surface area (TPSA) is 134 Å². The van der Waals surface area contributed by atoms with Crippen LogP contribution in [0.15, 0.2) is 53.4 Å². The normalized spacial score (nSPS) is 12.8. The molecule has 9 nitrogen and oxygen atoms in total. The number of methoxy groups -OCH3 is 1. The van der Waals surface area contributed by atoms with E-state index < -0.39 is 39.2 Å². The van der Waals surface area contributed by atoms with Gasteiger partial charge in [-0.15, -0.1) is 0 Å². The highest BCUT2D eigenvalue weighted by Gasteiger charge is 2.26. The summed E-state index contributed by atoms with van der Waals surface area (Å²) in [5, 5.41) is 14.5. The van der Waals surface area contributed by atoms with Crippen LogP contribution in [0.1, 0.15) is 30.6 Å². The van der Waals surface area contributed by atoms with Gasteiger partial charge in [0.2, 0.25) is 15.9 Å².